The number of hydrogen-bond acceptors (Lipinski definition) is 2. The van der Waals surface area contributed by atoms with Gasteiger partial charge >= 0.3 is 0 Å². The number of rotatable bonds is 3. The van der Waals surface area contributed by atoms with Crippen LogP contribution < -0.4 is 0 Å². The van der Waals surface area contributed by atoms with Crippen molar-refractivity contribution >= 4 is 0 Å². The largest absolute Gasteiger partial charge is 0.472 e. The highest BCUT2D eigenvalue weighted by molar-refractivity contribution is 5.11. The second-order valence-electron chi connectivity index (χ2n) is 4.08. The predicted molar refractivity (Wildman–Crippen MR) is 57.2 cm³/mol. The molecule has 1 aliphatic rings. The summed E-state index contributed by atoms with van der Waals surface area (Å²) in [5, 5.41) is 0. The lowest BCUT2D eigenvalue weighted by molar-refractivity contribution is 0.159. The molecular weight excluding hydrogens is 174 g/mol. The maximum atomic E-state index is 5.16. The first-order valence-electron chi connectivity index (χ1n) is 5.68. The number of nitrogens with zero attached hydrogens (tertiary/aromatic N) is 1. The zero-order chi connectivity index (χ0) is 9.80. The maximum absolute atomic E-state index is 5.16. The molecule has 1 atom stereocenters. The Bertz CT molecular complexity index is 249. The second-order valence-corrected chi connectivity index (χ2v) is 4.08. The summed E-state index contributed by atoms with van der Waals surface area (Å²) >= 11 is 0. The van der Waals surface area contributed by atoms with Gasteiger partial charge in [-0.2, -0.15) is 0 Å². The molecule has 1 aromatic heterocycles. The Balaban J connectivity index is 2.04. The molecule has 2 nitrogen and oxygen atoms in total. The molecule has 0 bridgehead atoms. The van der Waals surface area contributed by atoms with Crippen LogP contribution in [0.3, 0.4) is 0 Å². The van der Waals surface area contributed by atoms with E-state index in [1.54, 1.807) is 6.26 Å². The van der Waals surface area contributed by atoms with Crippen molar-refractivity contribution in [3.63, 3.8) is 0 Å². The summed E-state index contributed by atoms with van der Waals surface area (Å²) in [6.07, 6.45) is 8.96. The van der Waals surface area contributed by atoms with E-state index >= 15 is 0 Å². The van der Waals surface area contributed by atoms with Crippen LogP contribution in [-0.4, -0.2) is 18.0 Å². The number of likely N-dealkylation sites (tertiary alicyclic amines) is 1. The van der Waals surface area contributed by atoms with Crippen LogP contribution in [0.5, 0.6) is 0 Å². The van der Waals surface area contributed by atoms with Gasteiger partial charge < -0.3 is 4.42 Å². The summed E-state index contributed by atoms with van der Waals surface area (Å²) in [6, 6.07) is 2.68. The molecule has 0 aliphatic carbocycles. The molecule has 2 rings (SSSR count). The minimum atomic E-state index is 0.578. The third kappa shape index (κ3) is 2.01. The van der Waals surface area contributed by atoms with Crippen molar-refractivity contribution in [2.45, 2.75) is 38.6 Å². The highest BCUT2D eigenvalue weighted by Gasteiger charge is 2.20. The third-order valence-corrected chi connectivity index (χ3v) is 3.15. The van der Waals surface area contributed by atoms with E-state index in [-0.39, 0.29) is 0 Å². The third-order valence-electron chi connectivity index (χ3n) is 3.15. The molecule has 1 saturated heterocycles. The van der Waals surface area contributed by atoms with E-state index in [0.29, 0.717) is 6.04 Å². The van der Waals surface area contributed by atoms with Crippen LogP contribution in [0.15, 0.2) is 23.0 Å². The highest BCUT2D eigenvalue weighted by Crippen LogP contribution is 2.27. The number of piperidine rings is 1. The Morgan fingerprint density at radius 1 is 1.36 bits per heavy atom. The Kier molecular flexibility index (Phi) is 3.25. The monoisotopic (exact) mass is 193 g/mol. The standard InChI is InChI=1S/C12H19NO/c1-2-12(11-6-9-14-10-11)13-7-4-3-5-8-13/h6,9-10,12H,2-5,7-8H2,1H3. The van der Waals surface area contributed by atoms with Crippen LogP contribution in [0, 0.1) is 0 Å². The van der Waals surface area contributed by atoms with E-state index in [0.717, 1.165) is 0 Å². The molecule has 78 valence electrons. The van der Waals surface area contributed by atoms with Crippen LogP contribution in [-0.2, 0) is 0 Å². The lowest BCUT2D eigenvalue weighted by Crippen LogP contribution is -2.33. The molecule has 0 spiro atoms. The van der Waals surface area contributed by atoms with Gasteiger partial charge in [0, 0.05) is 11.6 Å². The van der Waals surface area contributed by atoms with Gasteiger partial charge in [0.25, 0.3) is 0 Å². The van der Waals surface area contributed by atoms with Crippen LogP contribution in [0.1, 0.15) is 44.2 Å². The molecule has 1 fully saturated rings. The second kappa shape index (κ2) is 4.65. The number of furan rings is 1. The molecule has 1 unspecified atom stereocenters. The van der Waals surface area contributed by atoms with Crippen LogP contribution in [0.4, 0.5) is 0 Å². The van der Waals surface area contributed by atoms with Crippen molar-refractivity contribution < 1.29 is 4.42 Å². The summed E-state index contributed by atoms with van der Waals surface area (Å²) in [7, 11) is 0. The Morgan fingerprint density at radius 3 is 2.71 bits per heavy atom. The molecule has 2 heteroatoms. The van der Waals surface area contributed by atoms with Crippen LogP contribution in [0.25, 0.3) is 0 Å². The fraction of sp³-hybridized carbons (Fsp3) is 0.667. The van der Waals surface area contributed by atoms with E-state index < -0.39 is 0 Å². The van der Waals surface area contributed by atoms with Gasteiger partial charge in [-0.1, -0.05) is 13.3 Å². The fourth-order valence-electron chi connectivity index (χ4n) is 2.40. The first kappa shape index (κ1) is 9.78. The molecule has 0 radical (unpaired) electrons. The van der Waals surface area contributed by atoms with Gasteiger partial charge in [-0.05, 0) is 38.4 Å². The molecule has 0 N–H and O–H groups in total. The SMILES string of the molecule is CCC(c1ccoc1)N1CCCCC1. The molecule has 1 aliphatic heterocycles. The van der Waals surface area contributed by atoms with Gasteiger partial charge in [0.2, 0.25) is 0 Å². The van der Waals surface area contributed by atoms with Gasteiger partial charge in [0.1, 0.15) is 0 Å². The molecule has 0 amide bonds. The summed E-state index contributed by atoms with van der Waals surface area (Å²) in [4.78, 5) is 2.59. The predicted octanol–water partition coefficient (Wildman–Crippen LogP) is 3.22. The van der Waals surface area contributed by atoms with Crippen LogP contribution >= 0.6 is 0 Å². The Hall–Kier alpha value is -0.760. The van der Waals surface area contributed by atoms with E-state index in [1.807, 2.05) is 6.26 Å². The molecule has 0 saturated carbocycles. The van der Waals surface area contributed by atoms with Gasteiger partial charge in [-0.25, -0.2) is 0 Å². The minimum Gasteiger partial charge on any atom is -0.472 e. The molecule has 2 heterocycles. The lowest BCUT2D eigenvalue weighted by atomic mass is 10.0. The average molecular weight is 193 g/mol. The number of hydrogen-bond donors (Lipinski definition) is 0. The Morgan fingerprint density at radius 2 is 2.14 bits per heavy atom. The molecular formula is C12H19NO. The molecule has 0 aromatic carbocycles. The van der Waals surface area contributed by atoms with Gasteiger partial charge in [0.15, 0.2) is 0 Å². The quantitative estimate of drug-likeness (QED) is 0.733. The fourth-order valence-corrected chi connectivity index (χ4v) is 2.40. The van der Waals surface area contributed by atoms with Crippen molar-refractivity contribution in [1.82, 2.24) is 4.90 Å². The molecule has 14 heavy (non-hydrogen) atoms. The zero-order valence-corrected chi connectivity index (χ0v) is 8.91. The molecule has 1 aromatic rings. The Labute approximate surface area is 85.9 Å². The van der Waals surface area contributed by atoms with Gasteiger partial charge in [-0.3, -0.25) is 4.90 Å². The normalized spacial score (nSPS) is 20.9. The van der Waals surface area contributed by atoms with Crippen molar-refractivity contribution in [2.24, 2.45) is 0 Å². The highest BCUT2D eigenvalue weighted by atomic mass is 16.3. The van der Waals surface area contributed by atoms with E-state index in [1.165, 1.54) is 44.3 Å². The van der Waals surface area contributed by atoms with Crippen molar-refractivity contribution in [3.05, 3.63) is 24.2 Å². The minimum absolute atomic E-state index is 0.578. The maximum Gasteiger partial charge on any atom is 0.0950 e. The van der Waals surface area contributed by atoms with Crippen molar-refractivity contribution in [3.8, 4) is 0 Å². The van der Waals surface area contributed by atoms with E-state index in [2.05, 4.69) is 17.9 Å². The summed E-state index contributed by atoms with van der Waals surface area (Å²) < 4.78 is 5.16. The van der Waals surface area contributed by atoms with Crippen molar-refractivity contribution in [2.75, 3.05) is 13.1 Å². The topological polar surface area (TPSA) is 16.4 Å². The summed E-state index contributed by atoms with van der Waals surface area (Å²) in [5.74, 6) is 0. The van der Waals surface area contributed by atoms with E-state index in [9.17, 15) is 0 Å². The average Bonchev–Trinajstić information content (AvgIpc) is 2.74. The zero-order valence-electron chi connectivity index (χ0n) is 8.91. The first-order valence-corrected chi connectivity index (χ1v) is 5.68. The lowest BCUT2D eigenvalue weighted by Gasteiger charge is -2.33. The van der Waals surface area contributed by atoms with Gasteiger partial charge in [0.05, 0.1) is 12.5 Å². The van der Waals surface area contributed by atoms with Crippen LogP contribution in [0.2, 0.25) is 0 Å². The van der Waals surface area contributed by atoms with Gasteiger partial charge in [-0.15, -0.1) is 0 Å². The first-order chi connectivity index (χ1) is 6.92. The summed E-state index contributed by atoms with van der Waals surface area (Å²) in [6.45, 7) is 4.76. The van der Waals surface area contributed by atoms with Crippen molar-refractivity contribution in [1.29, 1.82) is 0 Å². The summed E-state index contributed by atoms with van der Waals surface area (Å²) in [5.41, 5.74) is 1.34. The van der Waals surface area contributed by atoms with E-state index in [4.69, 9.17) is 4.42 Å². The smallest absolute Gasteiger partial charge is 0.0950 e.